The Morgan fingerprint density at radius 1 is 0.889 bits per heavy atom. The van der Waals surface area contributed by atoms with Crippen LogP contribution in [0.3, 0.4) is 0 Å². The molecule has 0 bridgehead atoms. The number of oxime groups is 1. The number of benzene rings is 3. The summed E-state index contributed by atoms with van der Waals surface area (Å²) in [6, 6.07) is 15.8. The van der Waals surface area contributed by atoms with Gasteiger partial charge in [-0.2, -0.15) is 0 Å². The lowest BCUT2D eigenvalue weighted by atomic mass is 9.55. The Morgan fingerprint density at radius 3 is 2.29 bits per heavy atom. The van der Waals surface area contributed by atoms with Crippen LogP contribution in [0.25, 0.3) is 0 Å². The van der Waals surface area contributed by atoms with Crippen LogP contribution in [0.2, 0.25) is 0 Å². The first-order valence-corrected chi connectivity index (χ1v) is 26.2. The summed E-state index contributed by atoms with van der Waals surface area (Å²) < 4.78 is 31.6. The number of carbonyl (C=O) groups is 2. The Kier molecular flexibility index (Phi) is 19.9. The van der Waals surface area contributed by atoms with Gasteiger partial charge >= 0.3 is 6.09 Å². The van der Waals surface area contributed by atoms with Crippen molar-refractivity contribution in [3.63, 3.8) is 0 Å². The third kappa shape index (κ3) is 13.2. The molecular formula is C56H74N4O12. The number of nitrogens with zero attached hydrogens (tertiary/aromatic N) is 3. The average Bonchev–Trinajstić information content (AvgIpc) is 3.87. The molecule has 72 heavy (non-hydrogen) atoms. The molecule has 16 nitrogen and oxygen atoms in total. The van der Waals surface area contributed by atoms with Crippen molar-refractivity contribution in [3.05, 3.63) is 112 Å². The number of rotatable bonds is 29. The lowest BCUT2D eigenvalue weighted by Crippen LogP contribution is -2.69. The standard InChI is InChI=1S/C56H74N4O12/c1-4-6-7-8-9-10-11-12-13-16-29-57-55(64)71-43-26-28-48-46(35-43)52-44(20-15-18-31-62)40(19-14-17-30-61)33-45-47(58-70-37-39-21-24-42(25-22-39)60(65)66)36-51(56(72-48,53(45)52)69-32-5-2)59(3)54(63)41-23-27-49-50(34-41)68-38-67-49/h5,21-28,33-35,40,44,51-53,61-62H,2,4,6-20,29-32,36-38H2,1,3H3,(H,57,64)/t40-,44+,51-,52+,53+,56+/m0/s1. The molecule has 2 aliphatic heterocycles. The van der Waals surface area contributed by atoms with E-state index in [1.54, 1.807) is 54.4 Å². The van der Waals surface area contributed by atoms with Gasteiger partial charge in [-0.1, -0.05) is 94.9 Å². The van der Waals surface area contributed by atoms with E-state index in [1.807, 2.05) is 12.1 Å². The summed E-state index contributed by atoms with van der Waals surface area (Å²) in [4.78, 5) is 47.0. The molecule has 2 heterocycles. The highest BCUT2D eigenvalue weighted by Crippen LogP contribution is 2.62. The second-order valence-electron chi connectivity index (χ2n) is 19.5. The van der Waals surface area contributed by atoms with Crippen LogP contribution in [0.15, 0.2) is 90.1 Å². The molecule has 0 spiro atoms. The normalized spacial score (nSPS) is 22.0. The summed E-state index contributed by atoms with van der Waals surface area (Å²) in [5.41, 5.74) is 3.21. The van der Waals surface area contributed by atoms with E-state index < -0.39 is 28.8 Å². The van der Waals surface area contributed by atoms with Crippen molar-refractivity contribution in [2.75, 3.05) is 40.2 Å². The van der Waals surface area contributed by atoms with Crippen LogP contribution in [0.5, 0.6) is 23.0 Å². The van der Waals surface area contributed by atoms with E-state index in [-0.39, 0.29) is 69.0 Å². The maximum absolute atomic E-state index is 14.9. The van der Waals surface area contributed by atoms with Gasteiger partial charge in [0.15, 0.2) is 11.5 Å². The number of aliphatic hydroxyl groups excluding tert-OH is 2. The number of amides is 2. The molecule has 0 aromatic heterocycles. The van der Waals surface area contributed by atoms with Crippen molar-refractivity contribution < 1.29 is 53.2 Å². The minimum Gasteiger partial charge on any atom is -0.459 e. The number of hydrogen-bond donors (Lipinski definition) is 3. The number of carbonyl (C=O) groups excluding carboxylic acids is 2. The van der Waals surface area contributed by atoms with E-state index in [0.717, 1.165) is 56.1 Å². The van der Waals surface area contributed by atoms with Crippen LogP contribution in [0, 0.1) is 27.9 Å². The molecule has 4 aliphatic rings. The number of nitro groups is 1. The van der Waals surface area contributed by atoms with Crippen molar-refractivity contribution >= 4 is 23.4 Å². The summed E-state index contributed by atoms with van der Waals surface area (Å²) in [6.45, 7) is 6.98. The molecule has 1 fully saturated rings. The summed E-state index contributed by atoms with van der Waals surface area (Å²) >= 11 is 0. The zero-order valence-corrected chi connectivity index (χ0v) is 42.1. The second kappa shape index (κ2) is 26.6. The van der Waals surface area contributed by atoms with Gasteiger partial charge in [-0.25, -0.2) is 4.79 Å². The van der Waals surface area contributed by atoms with Crippen molar-refractivity contribution in [1.82, 2.24) is 10.2 Å². The molecule has 6 atom stereocenters. The Labute approximate surface area is 423 Å². The van der Waals surface area contributed by atoms with Crippen molar-refractivity contribution in [3.8, 4) is 23.0 Å². The minimum atomic E-state index is -1.52. The fourth-order valence-electron chi connectivity index (χ4n) is 11.0. The van der Waals surface area contributed by atoms with Crippen molar-refractivity contribution in [2.45, 2.75) is 140 Å². The van der Waals surface area contributed by atoms with Crippen molar-refractivity contribution in [1.29, 1.82) is 0 Å². The molecule has 16 heteroatoms. The van der Waals surface area contributed by atoms with Gasteiger partial charge in [-0.3, -0.25) is 14.9 Å². The number of likely N-dealkylation sites (N-methyl/N-ethyl adjacent to an activating group) is 1. The topological polar surface area (TPSA) is 201 Å². The molecular weight excluding hydrogens is 921 g/mol. The summed E-state index contributed by atoms with van der Waals surface area (Å²) in [5.74, 6) is -1.03. The molecule has 3 N–H and O–H groups in total. The molecule has 3 aromatic carbocycles. The Balaban J connectivity index is 1.25. The highest BCUT2D eigenvalue weighted by atomic mass is 16.7. The van der Waals surface area contributed by atoms with E-state index in [2.05, 4.69) is 24.9 Å². The van der Waals surface area contributed by atoms with Crippen molar-refractivity contribution in [2.24, 2.45) is 22.9 Å². The molecule has 1 saturated carbocycles. The van der Waals surface area contributed by atoms with Gasteiger partial charge in [-0.15, -0.1) is 6.58 Å². The molecule has 2 aliphatic carbocycles. The minimum absolute atomic E-state index is 0.0165. The Bertz CT molecular complexity index is 2360. The smallest absolute Gasteiger partial charge is 0.412 e. The zero-order valence-electron chi connectivity index (χ0n) is 42.1. The lowest BCUT2D eigenvalue weighted by molar-refractivity contribution is -0.384. The Hall–Kier alpha value is -5.97. The highest BCUT2D eigenvalue weighted by Gasteiger charge is 2.65. The number of hydrogen-bond acceptors (Lipinski definition) is 13. The highest BCUT2D eigenvalue weighted by molar-refractivity contribution is 6.03. The maximum atomic E-state index is 14.9. The predicted octanol–water partition coefficient (Wildman–Crippen LogP) is 10.9. The summed E-state index contributed by atoms with van der Waals surface area (Å²) in [7, 11) is 1.72. The van der Waals surface area contributed by atoms with Crippen LogP contribution in [-0.2, 0) is 16.2 Å². The van der Waals surface area contributed by atoms with Crippen LogP contribution < -0.4 is 24.3 Å². The number of ether oxygens (including phenoxy) is 5. The third-order valence-corrected chi connectivity index (χ3v) is 14.6. The molecule has 0 saturated heterocycles. The first-order valence-electron chi connectivity index (χ1n) is 26.2. The monoisotopic (exact) mass is 995 g/mol. The Morgan fingerprint density at radius 2 is 1.58 bits per heavy atom. The first-order chi connectivity index (χ1) is 35.1. The van der Waals surface area contributed by atoms with Gasteiger partial charge in [0.1, 0.15) is 24.1 Å². The number of allylic oxidation sites excluding steroid dienone is 1. The number of fused-ring (bicyclic) bond motifs is 3. The van der Waals surface area contributed by atoms with E-state index in [1.165, 1.54) is 57.1 Å². The molecule has 0 unspecified atom stereocenters. The molecule has 2 amide bonds. The number of non-ortho nitro benzene ring substituents is 1. The third-order valence-electron chi connectivity index (χ3n) is 14.6. The second-order valence-corrected chi connectivity index (χ2v) is 19.5. The average molecular weight is 995 g/mol. The SMILES string of the molecule is C=CCO[C@@]12Oc3ccc(OC(=O)NCCCCCCCCCCCC)cc3[C@H]3[C@H](CCCCO)[C@@H](CCCCO)C=C(C(=NOCc4ccc([N+](=O)[O-])cc4)C[C@@H]1N(C)C(=O)c1ccc4c(c1)OCO4)[C@H]32. The molecule has 0 radical (unpaired) electrons. The van der Waals surface area contributed by atoms with E-state index in [4.69, 9.17) is 33.7 Å². The van der Waals surface area contributed by atoms with Gasteiger partial charge in [0.25, 0.3) is 11.6 Å². The van der Waals surface area contributed by atoms with Gasteiger partial charge in [0.2, 0.25) is 12.6 Å². The fraction of sp³-hybridized carbons (Fsp3) is 0.554. The quantitative estimate of drug-likeness (QED) is 0.0258. The molecule has 7 rings (SSSR count). The summed E-state index contributed by atoms with van der Waals surface area (Å²) in [5, 5.41) is 39.2. The lowest BCUT2D eigenvalue weighted by Gasteiger charge is -2.59. The van der Waals surface area contributed by atoms with E-state index >= 15 is 0 Å². The van der Waals surface area contributed by atoms with Gasteiger partial charge in [-0.05, 0) is 104 Å². The molecule has 3 aromatic rings. The number of unbranched alkanes of at least 4 members (excludes halogenated alkanes) is 11. The largest absolute Gasteiger partial charge is 0.459 e. The van der Waals surface area contributed by atoms with E-state index in [0.29, 0.717) is 59.2 Å². The van der Waals surface area contributed by atoms with Crippen LogP contribution in [-0.4, -0.2) is 89.8 Å². The predicted molar refractivity (Wildman–Crippen MR) is 273 cm³/mol. The van der Waals surface area contributed by atoms with Gasteiger partial charge in [0.05, 0.1) is 23.2 Å². The van der Waals surface area contributed by atoms with Crippen LogP contribution >= 0.6 is 0 Å². The maximum Gasteiger partial charge on any atom is 0.412 e. The van der Waals surface area contributed by atoms with Crippen LogP contribution in [0.4, 0.5) is 10.5 Å². The number of nitro benzene ring substituents is 1. The first kappa shape index (κ1) is 53.8. The fourth-order valence-corrected chi connectivity index (χ4v) is 11.0. The number of nitrogens with one attached hydrogen (secondary N) is 1. The summed E-state index contributed by atoms with van der Waals surface area (Å²) in [6.07, 6.45) is 19.6. The number of aliphatic hydroxyl groups is 2. The van der Waals surface area contributed by atoms with Gasteiger partial charge in [0, 0.05) is 62.4 Å². The zero-order chi connectivity index (χ0) is 50.9. The molecule has 390 valence electrons. The van der Waals surface area contributed by atoms with Crippen LogP contribution in [0.1, 0.15) is 143 Å². The van der Waals surface area contributed by atoms with E-state index in [9.17, 15) is 29.9 Å². The van der Waals surface area contributed by atoms with Gasteiger partial charge < -0.3 is 49.0 Å².